The lowest BCUT2D eigenvalue weighted by Crippen LogP contribution is -2.53. The Morgan fingerprint density at radius 3 is 2.10 bits per heavy atom. The van der Waals surface area contributed by atoms with Crippen LogP contribution in [0.4, 0.5) is 0 Å². The highest BCUT2D eigenvalue weighted by Crippen LogP contribution is 2.23. The van der Waals surface area contributed by atoms with Crippen molar-refractivity contribution in [3.05, 3.63) is 66.0 Å². The van der Waals surface area contributed by atoms with Crippen molar-refractivity contribution in [2.75, 3.05) is 0 Å². The first-order valence-electron chi connectivity index (χ1n) is 16.6. The van der Waals surface area contributed by atoms with Gasteiger partial charge in [0.05, 0.1) is 37.2 Å². The number of nitrogens with zero attached hydrogens (tertiary/aromatic N) is 1. The van der Waals surface area contributed by atoms with Crippen LogP contribution in [-0.2, 0) is 41.7 Å². The highest BCUT2D eigenvalue weighted by Gasteiger charge is 2.35. The number of esters is 1. The third kappa shape index (κ3) is 13.8. The van der Waals surface area contributed by atoms with Gasteiger partial charge in [0.15, 0.2) is 0 Å². The predicted octanol–water partition coefficient (Wildman–Crippen LogP) is 3.41. The van der Waals surface area contributed by atoms with E-state index < -0.39 is 60.4 Å². The molecule has 1 heterocycles. The minimum absolute atomic E-state index is 0.0155. The number of carbonyl (C=O) groups is 5. The van der Waals surface area contributed by atoms with Crippen LogP contribution in [0.3, 0.4) is 0 Å². The van der Waals surface area contributed by atoms with E-state index in [0.29, 0.717) is 24.1 Å². The first-order chi connectivity index (χ1) is 22.7. The summed E-state index contributed by atoms with van der Waals surface area (Å²) in [5, 5.41) is 29.5. The summed E-state index contributed by atoms with van der Waals surface area (Å²) in [5.41, 5.74) is 1.32. The Labute approximate surface area is 283 Å². The lowest BCUT2D eigenvalue weighted by Gasteiger charge is -2.31. The minimum Gasteiger partial charge on any atom is -0.478 e. The van der Waals surface area contributed by atoms with Crippen LogP contribution in [0.2, 0.25) is 0 Å². The number of pyridine rings is 1. The molecule has 0 saturated heterocycles. The van der Waals surface area contributed by atoms with Crippen LogP contribution in [-0.4, -0.2) is 69.1 Å². The van der Waals surface area contributed by atoms with Crippen LogP contribution >= 0.6 is 0 Å². The first kappa shape index (κ1) is 39.9. The average molecular weight is 669 g/mol. The van der Waals surface area contributed by atoms with E-state index >= 15 is 0 Å². The minimum atomic E-state index is -1.71. The SMILES string of the molecule is CC[C@H](C)[C@H](NC(=O)[C@@H](C[C@H](O)[C@H](CC(C)C)NC(=O)C[C@H](OC(=O)Cc1ccccc1)C(=O)O)C(C)C)C(=O)NCc1ccccn1. The van der Waals surface area contributed by atoms with Crippen molar-refractivity contribution in [2.24, 2.45) is 23.7 Å². The molecular formula is C36H52N4O8. The Morgan fingerprint density at radius 2 is 1.54 bits per heavy atom. The van der Waals surface area contributed by atoms with Gasteiger partial charge in [-0.15, -0.1) is 0 Å². The molecule has 264 valence electrons. The molecule has 12 heteroatoms. The maximum atomic E-state index is 13.6. The summed E-state index contributed by atoms with van der Waals surface area (Å²) in [6, 6.07) is 12.4. The van der Waals surface area contributed by atoms with Crippen molar-refractivity contribution in [2.45, 2.75) is 104 Å². The van der Waals surface area contributed by atoms with Gasteiger partial charge in [-0.1, -0.05) is 84.4 Å². The number of carboxylic acids is 1. The average Bonchev–Trinajstić information content (AvgIpc) is 3.04. The lowest BCUT2D eigenvalue weighted by molar-refractivity contribution is -0.165. The van der Waals surface area contributed by atoms with E-state index in [0.717, 1.165) is 0 Å². The Balaban J connectivity index is 2.09. The van der Waals surface area contributed by atoms with Crippen LogP contribution in [0.1, 0.15) is 78.5 Å². The fourth-order valence-electron chi connectivity index (χ4n) is 5.26. The molecule has 6 atom stereocenters. The van der Waals surface area contributed by atoms with Gasteiger partial charge >= 0.3 is 11.9 Å². The number of aliphatic hydroxyl groups is 1. The van der Waals surface area contributed by atoms with Gasteiger partial charge in [0.25, 0.3) is 0 Å². The summed E-state index contributed by atoms with van der Waals surface area (Å²) in [4.78, 5) is 68.3. The second-order valence-electron chi connectivity index (χ2n) is 13.1. The molecule has 0 radical (unpaired) electrons. The zero-order valence-electron chi connectivity index (χ0n) is 28.8. The normalized spacial score (nSPS) is 15.0. The number of carboxylic acid groups (broad SMARTS) is 1. The fourth-order valence-corrected chi connectivity index (χ4v) is 5.26. The van der Waals surface area contributed by atoms with Gasteiger partial charge in [0.1, 0.15) is 6.04 Å². The van der Waals surface area contributed by atoms with Gasteiger partial charge in [-0.25, -0.2) is 4.79 Å². The van der Waals surface area contributed by atoms with Crippen molar-refractivity contribution < 1.29 is 38.9 Å². The van der Waals surface area contributed by atoms with Crippen LogP contribution < -0.4 is 16.0 Å². The molecule has 0 aliphatic rings. The Hall–Kier alpha value is -4.32. The number of aliphatic carboxylic acids is 1. The van der Waals surface area contributed by atoms with Crippen molar-refractivity contribution in [1.29, 1.82) is 0 Å². The topological polar surface area (TPSA) is 184 Å². The number of aliphatic hydroxyl groups excluding tert-OH is 1. The summed E-state index contributed by atoms with van der Waals surface area (Å²) in [6.45, 7) is 11.5. The lowest BCUT2D eigenvalue weighted by atomic mass is 9.85. The molecule has 0 spiro atoms. The second kappa shape index (κ2) is 20.1. The molecule has 0 unspecified atom stereocenters. The summed E-state index contributed by atoms with van der Waals surface area (Å²) < 4.78 is 5.11. The van der Waals surface area contributed by atoms with Gasteiger partial charge in [-0.2, -0.15) is 0 Å². The summed E-state index contributed by atoms with van der Waals surface area (Å²) >= 11 is 0. The molecule has 2 rings (SSSR count). The van der Waals surface area contributed by atoms with Gasteiger partial charge in [0, 0.05) is 12.1 Å². The molecule has 0 saturated carbocycles. The van der Waals surface area contributed by atoms with Gasteiger partial charge in [0.2, 0.25) is 23.8 Å². The standard InChI is InChI=1S/C36H52N4O8/c1-7-24(6)33(35(45)38-21-26-15-11-12-16-37-26)40-34(44)27(23(4)5)19-29(41)28(17-22(2)3)39-31(42)20-30(36(46)47)48-32(43)18-25-13-9-8-10-14-25/h8-16,22-24,27-30,33,41H,7,17-21H2,1-6H3,(H,38,45)(H,39,42)(H,40,44)(H,46,47)/t24-,27-,28-,29-,30-,33-/m0/s1. The van der Waals surface area contributed by atoms with E-state index in [1.165, 1.54) is 0 Å². The molecule has 0 aliphatic carbocycles. The van der Waals surface area contributed by atoms with E-state index in [1.807, 2.05) is 47.6 Å². The maximum absolute atomic E-state index is 13.6. The highest BCUT2D eigenvalue weighted by molar-refractivity contribution is 5.89. The molecule has 2 aromatic rings. The largest absolute Gasteiger partial charge is 0.478 e. The molecule has 1 aromatic heterocycles. The third-order valence-electron chi connectivity index (χ3n) is 8.25. The molecule has 0 aliphatic heterocycles. The first-order valence-corrected chi connectivity index (χ1v) is 16.6. The number of benzene rings is 1. The summed E-state index contributed by atoms with van der Waals surface area (Å²) in [6.07, 6.45) is -1.08. The second-order valence-corrected chi connectivity index (χ2v) is 13.1. The van der Waals surface area contributed by atoms with Crippen molar-refractivity contribution >= 4 is 29.7 Å². The molecule has 1 aromatic carbocycles. The summed E-state index contributed by atoms with van der Waals surface area (Å²) in [7, 11) is 0. The van der Waals surface area contributed by atoms with Crippen LogP contribution in [0, 0.1) is 23.7 Å². The van der Waals surface area contributed by atoms with E-state index in [2.05, 4.69) is 20.9 Å². The molecule has 48 heavy (non-hydrogen) atoms. The third-order valence-corrected chi connectivity index (χ3v) is 8.25. The molecule has 3 amide bonds. The number of rotatable bonds is 20. The molecule has 5 N–H and O–H groups in total. The quantitative estimate of drug-likeness (QED) is 0.132. The van der Waals surface area contributed by atoms with Crippen LogP contribution in [0.25, 0.3) is 0 Å². The Bertz CT molecular complexity index is 1320. The smallest absolute Gasteiger partial charge is 0.345 e. The number of nitrogens with one attached hydrogen (secondary N) is 3. The molecule has 0 bridgehead atoms. The van der Waals surface area contributed by atoms with Crippen LogP contribution in [0.5, 0.6) is 0 Å². The molecular weight excluding hydrogens is 616 g/mol. The van der Waals surface area contributed by atoms with E-state index in [4.69, 9.17) is 4.74 Å². The van der Waals surface area contributed by atoms with E-state index in [9.17, 15) is 34.2 Å². The van der Waals surface area contributed by atoms with Gasteiger partial charge in [-0.3, -0.25) is 24.2 Å². The highest BCUT2D eigenvalue weighted by atomic mass is 16.6. The molecule has 0 fully saturated rings. The fraction of sp³-hybridized carbons (Fsp3) is 0.556. The van der Waals surface area contributed by atoms with Crippen molar-refractivity contribution in [1.82, 2.24) is 20.9 Å². The van der Waals surface area contributed by atoms with Crippen LogP contribution in [0.15, 0.2) is 54.7 Å². The zero-order chi connectivity index (χ0) is 35.8. The Morgan fingerprint density at radius 1 is 0.875 bits per heavy atom. The van der Waals surface area contributed by atoms with Crippen molar-refractivity contribution in [3.63, 3.8) is 0 Å². The monoisotopic (exact) mass is 668 g/mol. The van der Waals surface area contributed by atoms with Crippen molar-refractivity contribution in [3.8, 4) is 0 Å². The number of hydrogen-bond acceptors (Lipinski definition) is 8. The number of hydrogen-bond donors (Lipinski definition) is 5. The summed E-state index contributed by atoms with van der Waals surface area (Å²) in [5.74, 6) is -4.76. The molecule has 12 nitrogen and oxygen atoms in total. The van der Waals surface area contributed by atoms with Gasteiger partial charge < -0.3 is 30.9 Å². The van der Waals surface area contributed by atoms with E-state index in [-0.39, 0.29) is 43.0 Å². The zero-order valence-corrected chi connectivity index (χ0v) is 28.8. The number of aromatic nitrogens is 1. The number of amides is 3. The van der Waals surface area contributed by atoms with Gasteiger partial charge in [-0.05, 0) is 48.3 Å². The Kier molecular flexibility index (Phi) is 16.7. The predicted molar refractivity (Wildman–Crippen MR) is 180 cm³/mol. The number of ether oxygens (including phenoxy) is 1. The maximum Gasteiger partial charge on any atom is 0.345 e. The van der Waals surface area contributed by atoms with E-state index in [1.54, 1.807) is 48.7 Å². The number of carbonyl (C=O) groups excluding carboxylic acids is 4.